The average Bonchev–Trinajstić information content (AvgIpc) is 2.81. The summed E-state index contributed by atoms with van der Waals surface area (Å²) < 4.78 is 0. The van der Waals surface area contributed by atoms with E-state index in [9.17, 15) is 14.4 Å². The number of hydrogen-bond acceptors (Lipinski definition) is 4. The van der Waals surface area contributed by atoms with Crippen molar-refractivity contribution < 1.29 is 19.5 Å². The quantitative estimate of drug-likeness (QED) is 0.463. The molecule has 0 fully saturated rings. The summed E-state index contributed by atoms with van der Waals surface area (Å²) in [4.78, 5) is 37.1. The monoisotopic (exact) mass is 444 g/mol. The molecule has 0 spiro atoms. The molecular formula is C25H24N4O4. The van der Waals surface area contributed by atoms with Gasteiger partial charge in [0.25, 0.3) is 5.91 Å². The smallest absolute Gasteiger partial charge is 0.323 e. The molecule has 0 bridgehead atoms. The van der Waals surface area contributed by atoms with Gasteiger partial charge < -0.3 is 26.4 Å². The van der Waals surface area contributed by atoms with Gasteiger partial charge in [-0.05, 0) is 59.0 Å². The lowest BCUT2D eigenvalue weighted by molar-refractivity contribution is -0.137. The predicted molar refractivity (Wildman–Crippen MR) is 126 cm³/mol. The Morgan fingerprint density at radius 3 is 2.39 bits per heavy atom. The lowest BCUT2D eigenvalue weighted by Crippen LogP contribution is -2.40. The van der Waals surface area contributed by atoms with Crippen molar-refractivity contribution in [3.63, 3.8) is 0 Å². The van der Waals surface area contributed by atoms with Crippen molar-refractivity contribution in [1.29, 1.82) is 0 Å². The summed E-state index contributed by atoms with van der Waals surface area (Å²) in [6.45, 7) is 0.490. The fourth-order valence-corrected chi connectivity index (χ4v) is 3.85. The van der Waals surface area contributed by atoms with Gasteiger partial charge in [-0.3, -0.25) is 9.59 Å². The van der Waals surface area contributed by atoms with Crippen molar-refractivity contribution in [1.82, 2.24) is 4.90 Å². The van der Waals surface area contributed by atoms with Crippen LogP contribution in [-0.4, -0.2) is 41.0 Å². The van der Waals surface area contributed by atoms with Crippen LogP contribution in [0.15, 0.2) is 66.7 Å². The SMILES string of the molecule is NCc1cccc(NC(=O)Nc2ccc(-c3ccc4c(c3)CCN(CC(=O)O)C4=O)cc2)c1. The van der Waals surface area contributed by atoms with E-state index in [2.05, 4.69) is 10.6 Å². The minimum atomic E-state index is -1.02. The first-order valence-electron chi connectivity index (χ1n) is 10.5. The zero-order valence-corrected chi connectivity index (χ0v) is 17.9. The Kier molecular flexibility index (Phi) is 6.37. The molecule has 0 saturated carbocycles. The number of rotatable bonds is 6. The van der Waals surface area contributed by atoms with Crippen LogP contribution in [0.2, 0.25) is 0 Å². The molecule has 0 saturated heterocycles. The van der Waals surface area contributed by atoms with Gasteiger partial charge in [0.15, 0.2) is 0 Å². The van der Waals surface area contributed by atoms with E-state index >= 15 is 0 Å². The van der Waals surface area contributed by atoms with Crippen LogP contribution in [-0.2, 0) is 17.8 Å². The molecule has 0 aliphatic carbocycles. The summed E-state index contributed by atoms with van der Waals surface area (Å²) in [5.41, 5.74) is 11.2. The van der Waals surface area contributed by atoms with E-state index in [1.165, 1.54) is 4.90 Å². The Bertz CT molecular complexity index is 1210. The number of aliphatic carboxylic acids is 1. The molecule has 1 aliphatic heterocycles. The Labute approximate surface area is 191 Å². The van der Waals surface area contributed by atoms with Crippen molar-refractivity contribution >= 4 is 29.3 Å². The molecule has 168 valence electrons. The molecule has 3 amide bonds. The first-order valence-corrected chi connectivity index (χ1v) is 10.5. The summed E-state index contributed by atoms with van der Waals surface area (Å²) >= 11 is 0. The maximum Gasteiger partial charge on any atom is 0.323 e. The normalized spacial score (nSPS) is 12.8. The Morgan fingerprint density at radius 2 is 1.67 bits per heavy atom. The van der Waals surface area contributed by atoms with Crippen LogP contribution in [0.5, 0.6) is 0 Å². The number of amides is 3. The van der Waals surface area contributed by atoms with E-state index in [4.69, 9.17) is 10.8 Å². The van der Waals surface area contributed by atoms with Crippen LogP contribution < -0.4 is 16.4 Å². The van der Waals surface area contributed by atoms with Gasteiger partial charge in [0.1, 0.15) is 6.54 Å². The Hall–Kier alpha value is -4.17. The third kappa shape index (κ3) is 5.19. The number of nitrogens with two attached hydrogens (primary N) is 1. The molecule has 1 aliphatic rings. The largest absolute Gasteiger partial charge is 0.480 e. The molecule has 3 aromatic carbocycles. The van der Waals surface area contributed by atoms with Gasteiger partial charge in [0.05, 0.1) is 0 Å². The van der Waals surface area contributed by atoms with Crippen molar-refractivity contribution in [3.05, 3.63) is 83.4 Å². The zero-order chi connectivity index (χ0) is 23.4. The maximum atomic E-state index is 12.5. The third-order valence-electron chi connectivity index (χ3n) is 5.50. The lowest BCUT2D eigenvalue weighted by Gasteiger charge is -2.27. The Balaban J connectivity index is 1.42. The summed E-state index contributed by atoms with van der Waals surface area (Å²) in [5.74, 6) is -1.28. The number of nitrogens with one attached hydrogen (secondary N) is 2. The maximum absolute atomic E-state index is 12.5. The number of carbonyl (C=O) groups excluding carboxylic acids is 2. The van der Waals surface area contributed by atoms with Crippen LogP contribution in [0, 0.1) is 0 Å². The highest BCUT2D eigenvalue weighted by atomic mass is 16.4. The van der Waals surface area contributed by atoms with E-state index in [0.29, 0.717) is 36.4 Å². The third-order valence-corrected chi connectivity index (χ3v) is 5.50. The van der Waals surface area contributed by atoms with Crippen LogP contribution in [0.4, 0.5) is 16.2 Å². The van der Waals surface area contributed by atoms with Crippen LogP contribution >= 0.6 is 0 Å². The fourth-order valence-electron chi connectivity index (χ4n) is 3.85. The van der Waals surface area contributed by atoms with E-state index in [-0.39, 0.29) is 18.5 Å². The molecule has 0 aromatic heterocycles. The number of hydrogen-bond donors (Lipinski definition) is 4. The van der Waals surface area contributed by atoms with Crippen LogP contribution in [0.1, 0.15) is 21.5 Å². The lowest BCUT2D eigenvalue weighted by atomic mass is 9.94. The second kappa shape index (κ2) is 9.54. The van der Waals surface area contributed by atoms with Crippen molar-refractivity contribution in [2.75, 3.05) is 23.7 Å². The molecule has 0 radical (unpaired) electrons. The van der Waals surface area contributed by atoms with Crippen molar-refractivity contribution in [3.8, 4) is 11.1 Å². The number of nitrogens with zero attached hydrogens (tertiary/aromatic N) is 1. The highest BCUT2D eigenvalue weighted by molar-refractivity contribution is 6.00. The number of urea groups is 1. The fraction of sp³-hybridized carbons (Fsp3) is 0.160. The second-order valence-electron chi connectivity index (χ2n) is 7.80. The molecule has 3 aromatic rings. The van der Waals surface area contributed by atoms with E-state index in [1.807, 2.05) is 54.6 Å². The standard InChI is InChI=1S/C25H24N4O4/c26-14-16-2-1-3-21(12-16)28-25(33)27-20-7-4-17(5-8-20)18-6-9-22-19(13-18)10-11-29(24(22)32)15-23(30)31/h1-9,12-13H,10-11,14-15,26H2,(H,30,31)(H2,27,28,33). The molecular weight excluding hydrogens is 420 g/mol. The highest BCUT2D eigenvalue weighted by Crippen LogP contribution is 2.27. The molecule has 4 rings (SSSR count). The van der Waals surface area contributed by atoms with Gasteiger partial charge in [0.2, 0.25) is 0 Å². The van der Waals surface area contributed by atoms with Gasteiger partial charge in [-0.15, -0.1) is 0 Å². The van der Waals surface area contributed by atoms with Crippen LogP contribution in [0.25, 0.3) is 11.1 Å². The van der Waals surface area contributed by atoms with Crippen molar-refractivity contribution in [2.24, 2.45) is 5.73 Å². The minimum absolute atomic E-state index is 0.257. The topological polar surface area (TPSA) is 125 Å². The van der Waals surface area contributed by atoms with Gasteiger partial charge in [-0.1, -0.05) is 36.4 Å². The van der Waals surface area contributed by atoms with Gasteiger partial charge in [0, 0.05) is 30.0 Å². The first kappa shape index (κ1) is 22.0. The zero-order valence-electron chi connectivity index (χ0n) is 17.9. The average molecular weight is 444 g/mol. The number of carboxylic acid groups (broad SMARTS) is 1. The Morgan fingerprint density at radius 1 is 0.939 bits per heavy atom. The molecule has 8 heteroatoms. The number of carbonyl (C=O) groups is 3. The van der Waals surface area contributed by atoms with E-state index < -0.39 is 5.97 Å². The predicted octanol–water partition coefficient (Wildman–Crippen LogP) is 3.54. The number of fused-ring (bicyclic) bond motifs is 1. The van der Waals surface area contributed by atoms with Gasteiger partial charge >= 0.3 is 12.0 Å². The number of benzene rings is 3. The van der Waals surface area contributed by atoms with Gasteiger partial charge in [-0.2, -0.15) is 0 Å². The molecule has 8 nitrogen and oxygen atoms in total. The van der Waals surface area contributed by atoms with Crippen molar-refractivity contribution in [2.45, 2.75) is 13.0 Å². The molecule has 1 heterocycles. The minimum Gasteiger partial charge on any atom is -0.480 e. The number of carboxylic acids is 1. The summed E-state index contributed by atoms with van der Waals surface area (Å²) in [6.07, 6.45) is 0.605. The van der Waals surface area contributed by atoms with Crippen LogP contribution in [0.3, 0.4) is 0 Å². The molecule has 33 heavy (non-hydrogen) atoms. The highest BCUT2D eigenvalue weighted by Gasteiger charge is 2.25. The van der Waals surface area contributed by atoms with E-state index in [0.717, 1.165) is 22.3 Å². The second-order valence-corrected chi connectivity index (χ2v) is 7.80. The summed E-state index contributed by atoms with van der Waals surface area (Å²) in [5, 5.41) is 14.6. The summed E-state index contributed by atoms with van der Waals surface area (Å²) in [7, 11) is 0. The summed E-state index contributed by atoms with van der Waals surface area (Å²) in [6, 6.07) is 20.0. The van der Waals surface area contributed by atoms with Gasteiger partial charge in [-0.25, -0.2) is 4.79 Å². The molecule has 0 unspecified atom stereocenters. The molecule has 5 N–H and O–H groups in total. The number of anilines is 2. The first-order chi connectivity index (χ1) is 15.9. The van der Waals surface area contributed by atoms with E-state index in [1.54, 1.807) is 12.1 Å². The molecule has 0 atom stereocenters.